The lowest BCUT2D eigenvalue weighted by Gasteiger charge is -2.26. The van der Waals surface area contributed by atoms with Crippen molar-refractivity contribution in [2.75, 3.05) is 49.6 Å². The molecule has 2 heterocycles. The number of carbonyl (C=O) groups is 2. The lowest BCUT2D eigenvalue weighted by molar-refractivity contribution is -0.124. The van der Waals surface area contributed by atoms with Gasteiger partial charge in [-0.15, -0.1) is 12.4 Å². The molecule has 194 valence electrons. The van der Waals surface area contributed by atoms with Crippen molar-refractivity contribution in [2.24, 2.45) is 5.92 Å². The first-order valence-electron chi connectivity index (χ1n) is 11.9. The number of halogens is 2. The van der Waals surface area contributed by atoms with E-state index in [1.165, 1.54) is 23.5 Å². The number of nitrogens with zero attached hydrogens (tertiary/aromatic N) is 4. The molecule has 1 aliphatic heterocycles. The fourth-order valence-corrected chi connectivity index (χ4v) is 5.51. The molecule has 1 unspecified atom stereocenters. The van der Waals surface area contributed by atoms with Crippen LogP contribution in [0.25, 0.3) is 10.2 Å². The Labute approximate surface area is 221 Å². The maximum absolute atomic E-state index is 13.8. The molecular weight excluding hydrogens is 503 g/mol. The van der Waals surface area contributed by atoms with Crippen LogP contribution in [0.3, 0.4) is 0 Å². The Hall–Kier alpha value is -2.75. The summed E-state index contributed by atoms with van der Waals surface area (Å²) in [6.45, 7) is 9.41. The van der Waals surface area contributed by atoms with Crippen LogP contribution in [0.2, 0.25) is 0 Å². The largest absolute Gasteiger partial charge is 0.494 e. The van der Waals surface area contributed by atoms with Crippen molar-refractivity contribution in [3.05, 3.63) is 47.8 Å². The highest BCUT2D eigenvalue weighted by Crippen LogP contribution is 2.37. The number of hydrogen-bond donors (Lipinski definition) is 0. The van der Waals surface area contributed by atoms with E-state index in [1.54, 1.807) is 29.0 Å². The van der Waals surface area contributed by atoms with Crippen LogP contribution in [0.1, 0.15) is 25.8 Å². The van der Waals surface area contributed by atoms with E-state index < -0.39 is 5.92 Å². The molecule has 4 rings (SSSR count). The van der Waals surface area contributed by atoms with Crippen molar-refractivity contribution < 1.29 is 18.7 Å². The lowest BCUT2D eigenvalue weighted by Crippen LogP contribution is -2.42. The lowest BCUT2D eigenvalue weighted by atomic mass is 10.1. The van der Waals surface area contributed by atoms with E-state index >= 15 is 0 Å². The number of rotatable bonds is 9. The molecule has 0 spiro atoms. The molecule has 1 fully saturated rings. The minimum Gasteiger partial charge on any atom is -0.494 e. The third-order valence-corrected chi connectivity index (χ3v) is 7.77. The number of methoxy groups -OCH3 is 1. The van der Waals surface area contributed by atoms with E-state index in [2.05, 4.69) is 18.7 Å². The third kappa shape index (κ3) is 5.63. The number of likely N-dealkylation sites (N-methyl/N-ethyl adjacent to an activating group) is 1. The van der Waals surface area contributed by atoms with Gasteiger partial charge in [0, 0.05) is 31.7 Å². The second-order valence-corrected chi connectivity index (χ2v) is 9.63. The zero-order valence-electron chi connectivity index (χ0n) is 21.0. The average Bonchev–Trinajstić information content (AvgIpc) is 3.47. The molecule has 36 heavy (non-hydrogen) atoms. The Morgan fingerprint density at radius 2 is 1.86 bits per heavy atom. The average molecular weight is 535 g/mol. The maximum atomic E-state index is 13.8. The van der Waals surface area contributed by atoms with Crippen molar-refractivity contribution in [1.29, 1.82) is 0 Å². The highest BCUT2D eigenvalue weighted by Gasteiger charge is 2.38. The van der Waals surface area contributed by atoms with E-state index in [9.17, 15) is 14.0 Å². The van der Waals surface area contributed by atoms with Crippen molar-refractivity contribution in [1.82, 2.24) is 9.88 Å². The summed E-state index contributed by atoms with van der Waals surface area (Å²) >= 11 is 1.47. The zero-order chi connectivity index (χ0) is 25.1. The van der Waals surface area contributed by atoms with Gasteiger partial charge in [-0.1, -0.05) is 31.3 Å². The fraction of sp³-hybridized carbons (Fsp3) is 0.423. The number of ether oxygens (including phenoxy) is 1. The Morgan fingerprint density at radius 3 is 2.50 bits per heavy atom. The predicted octanol–water partition coefficient (Wildman–Crippen LogP) is 4.90. The van der Waals surface area contributed by atoms with Gasteiger partial charge in [0.05, 0.1) is 17.7 Å². The van der Waals surface area contributed by atoms with E-state index in [1.807, 2.05) is 19.1 Å². The van der Waals surface area contributed by atoms with Gasteiger partial charge in [0.15, 0.2) is 5.13 Å². The minimum absolute atomic E-state index is 0. The molecule has 7 nitrogen and oxygen atoms in total. The molecule has 10 heteroatoms. The Bertz CT molecular complexity index is 1220. The van der Waals surface area contributed by atoms with Crippen LogP contribution in [0.5, 0.6) is 5.75 Å². The van der Waals surface area contributed by atoms with E-state index in [0.29, 0.717) is 29.7 Å². The van der Waals surface area contributed by atoms with Gasteiger partial charge in [0.2, 0.25) is 11.8 Å². The van der Waals surface area contributed by atoms with Gasteiger partial charge >= 0.3 is 0 Å². The Balaban J connectivity index is 0.00000361. The van der Waals surface area contributed by atoms with Crippen LogP contribution >= 0.6 is 23.7 Å². The van der Waals surface area contributed by atoms with Crippen molar-refractivity contribution >= 4 is 56.6 Å². The first kappa shape index (κ1) is 27.8. The third-order valence-electron chi connectivity index (χ3n) is 6.56. The molecule has 0 N–H and O–H groups in total. The van der Waals surface area contributed by atoms with E-state index in [0.717, 1.165) is 28.9 Å². The normalized spacial score (nSPS) is 15.4. The number of thiazole rings is 1. The van der Waals surface area contributed by atoms with Crippen LogP contribution < -0.4 is 14.5 Å². The molecular formula is C26H32ClFN4O3S. The molecule has 3 aromatic rings. The number of anilines is 2. The molecule has 1 saturated heterocycles. The number of fused-ring (bicyclic) bond motifs is 1. The van der Waals surface area contributed by atoms with Gasteiger partial charge in [0.1, 0.15) is 17.1 Å². The number of amides is 2. The van der Waals surface area contributed by atoms with E-state index in [4.69, 9.17) is 9.72 Å². The van der Waals surface area contributed by atoms with Crippen LogP contribution in [-0.4, -0.2) is 61.5 Å². The smallest absolute Gasteiger partial charge is 0.234 e. The van der Waals surface area contributed by atoms with Gasteiger partial charge in [0.25, 0.3) is 0 Å². The van der Waals surface area contributed by atoms with Gasteiger partial charge in [-0.3, -0.25) is 14.5 Å². The zero-order valence-corrected chi connectivity index (χ0v) is 22.6. The van der Waals surface area contributed by atoms with E-state index in [-0.39, 0.29) is 43.0 Å². The van der Waals surface area contributed by atoms with Crippen LogP contribution in [-0.2, 0) is 9.59 Å². The molecule has 0 aliphatic carbocycles. The predicted molar refractivity (Wildman–Crippen MR) is 145 cm³/mol. The SMILES string of the molecule is CCN(CC)CCN(C(=O)C1CC(=O)N(c2ccc(F)cc2)C1)c1nc2c(OC)ccc(C)c2s1.Cl. The van der Waals surface area contributed by atoms with Crippen LogP contribution in [0.4, 0.5) is 15.2 Å². The first-order valence-corrected chi connectivity index (χ1v) is 12.7. The van der Waals surface area contributed by atoms with Gasteiger partial charge < -0.3 is 14.5 Å². The first-order chi connectivity index (χ1) is 16.9. The summed E-state index contributed by atoms with van der Waals surface area (Å²) in [7, 11) is 1.61. The summed E-state index contributed by atoms with van der Waals surface area (Å²) < 4.78 is 19.9. The molecule has 2 aromatic carbocycles. The topological polar surface area (TPSA) is 66.0 Å². The number of aryl methyl sites for hydroxylation is 1. The minimum atomic E-state index is -0.501. The van der Waals surface area contributed by atoms with Crippen molar-refractivity contribution in [3.63, 3.8) is 0 Å². The quantitative estimate of drug-likeness (QED) is 0.390. The summed E-state index contributed by atoms with van der Waals surface area (Å²) in [4.78, 5) is 37.0. The second kappa shape index (κ2) is 12.0. The summed E-state index contributed by atoms with van der Waals surface area (Å²) in [6.07, 6.45) is 0.116. The monoisotopic (exact) mass is 534 g/mol. The number of aromatic nitrogens is 1. The van der Waals surface area contributed by atoms with Crippen LogP contribution in [0, 0.1) is 18.7 Å². The molecule has 1 aliphatic rings. The van der Waals surface area contributed by atoms with Crippen LogP contribution in [0.15, 0.2) is 36.4 Å². The Morgan fingerprint density at radius 1 is 1.17 bits per heavy atom. The fourth-order valence-electron chi connectivity index (χ4n) is 4.42. The standard InChI is InChI=1S/C26H31FN4O3S.ClH/c1-5-29(6-2)13-14-30(26-28-23-21(34-4)12-7-17(3)24(23)35-26)25(33)18-15-22(32)31(16-18)20-10-8-19(27)9-11-20;/h7-12,18H,5-6,13-16H2,1-4H3;1H. The van der Waals surface area contributed by atoms with Crippen molar-refractivity contribution in [2.45, 2.75) is 27.2 Å². The highest BCUT2D eigenvalue weighted by atomic mass is 35.5. The molecule has 0 saturated carbocycles. The number of benzene rings is 2. The highest BCUT2D eigenvalue weighted by molar-refractivity contribution is 7.22. The molecule has 1 aromatic heterocycles. The van der Waals surface area contributed by atoms with Gasteiger partial charge in [-0.05, 0) is 55.9 Å². The van der Waals surface area contributed by atoms with Gasteiger partial charge in [-0.25, -0.2) is 9.37 Å². The second-order valence-electron chi connectivity index (χ2n) is 8.66. The molecule has 1 atom stereocenters. The maximum Gasteiger partial charge on any atom is 0.234 e. The summed E-state index contributed by atoms with van der Waals surface area (Å²) in [5.74, 6) is -0.453. The Kier molecular flexibility index (Phi) is 9.27. The summed E-state index contributed by atoms with van der Waals surface area (Å²) in [5, 5.41) is 0.609. The van der Waals surface area contributed by atoms with Gasteiger partial charge in [-0.2, -0.15) is 0 Å². The summed E-state index contributed by atoms with van der Waals surface area (Å²) in [6, 6.07) is 9.67. The number of hydrogen-bond acceptors (Lipinski definition) is 6. The summed E-state index contributed by atoms with van der Waals surface area (Å²) in [5.41, 5.74) is 2.41. The molecule has 0 radical (unpaired) electrons. The van der Waals surface area contributed by atoms with Crippen molar-refractivity contribution in [3.8, 4) is 5.75 Å². The molecule has 0 bridgehead atoms. The number of carbonyl (C=O) groups excluding carboxylic acids is 2. The molecule has 2 amide bonds.